The van der Waals surface area contributed by atoms with Crippen LogP contribution in [0.4, 0.5) is 0 Å². The van der Waals surface area contributed by atoms with Gasteiger partial charge in [-0.25, -0.2) is 0 Å². The van der Waals surface area contributed by atoms with E-state index in [0.29, 0.717) is 11.3 Å². The zero-order valence-electron chi connectivity index (χ0n) is 18.3. The Kier molecular flexibility index (Phi) is 5.70. The summed E-state index contributed by atoms with van der Waals surface area (Å²) in [6.07, 6.45) is 0. The van der Waals surface area contributed by atoms with Gasteiger partial charge in [0.25, 0.3) is 0 Å². The Balaban J connectivity index is 1.82. The van der Waals surface area contributed by atoms with Crippen molar-refractivity contribution in [2.75, 3.05) is 7.11 Å². The molecule has 1 amide bonds. The standard InChI is InChI=1S/C26H25NO5/c1-26(2,25(30)31-3)22-20-18-12-8-7-11-17(18)13-14-19(20)32-24(29)21(22)23(28)27-15-16-9-5-4-6-10-16/h4-14,21-22H,15H2,1-3H3,(H,27,28)/t21-,22+/m0/s1. The summed E-state index contributed by atoms with van der Waals surface area (Å²) in [6, 6.07) is 20.6. The molecule has 0 fully saturated rings. The molecule has 32 heavy (non-hydrogen) atoms. The van der Waals surface area contributed by atoms with Crippen molar-refractivity contribution < 1.29 is 23.9 Å². The van der Waals surface area contributed by atoms with E-state index in [4.69, 9.17) is 9.47 Å². The van der Waals surface area contributed by atoms with Crippen molar-refractivity contribution in [2.45, 2.75) is 26.3 Å². The molecular formula is C26H25NO5. The second-order valence-corrected chi connectivity index (χ2v) is 8.49. The normalized spacial score (nSPS) is 17.9. The molecule has 164 valence electrons. The van der Waals surface area contributed by atoms with E-state index in [2.05, 4.69) is 5.32 Å². The maximum absolute atomic E-state index is 13.3. The van der Waals surface area contributed by atoms with Crippen LogP contribution in [0, 0.1) is 11.3 Å². The highest BCUT2D eigenvalue weighted by Crippen LogP contribution is 2.51. The SMILES string of the molecule is COC(=O)C(C)(C)[C@@H]1c2c(ccc3ccccc23)OC(=O)[C@@H]1C(=O)NCc1ccccc1. The number of esters is 2. The highest BCUT2D eigenvalue weighted by molar-refractivity contribution is 6.04. The molecule has 0 bridgehead atoms. The number of hydrogen-bond donors (Lipinski definition) is 1. The van der Waals surface area contributed by atoms with E-state index in [9.17, 15) is 14.4 Å². The third kappa shape index (κ3) is 3.73. The summed E-state index contributed by atoms with van der Waals surface area (Å²) in [5.41, 5.74) is 0.402. The lowest BCUT2D eigenvalue weighted by Gasteiger charge is -2.40. The average Bonchev–Trinajstić information content (AvgIpc) is 2.81. The van der Waals surface area contributed by atoms with Crippen LogP contribution < -0.4 is 10.1 Å². The minimum Gasteiger partial charge on any atom is -0.469 e. The smallest absolute Gasteiger partial charge is 0.324 e. The Morgan fingerprint density at radius 3 is 2.41 bits per heavy atom. The lowest BCUT2D eigenvalue weighted by atomic mass is 9.65. The molecule has 2 atom stereocenters. The van der Waals surface area contributed by atoms with Crippen LogP contribution in [0.25, 0.3) is 10.8 Å². The summed E-state index contributed by atoms with van der Waals surface area (Å²) in [5.74, 6) is -3.28. The van der Waals surface area contributed by atoms with Crippen LogP contribution in [-0.4, -0.2) is 25.0 Å². The van der Waals surface area contributed by atoms with Crippen molar-refractivity contribution in [1.82, 2.24) is 5.32 Å². The average molecular weight is 431 g/mol. The topological polar surface area (TPSA) is 81.7 Å². The summed E-state index contributed by atoms with van der Waals surface area (Å²) in [7, 11) is 1.31. The van der Waals surface area contributed by atoms with Crippen molar-refractivity contribution in [1.29, 1.82) is 0 Å². The molecule has 4 rings (SSSR count). The summed E-state index contributed by atoms with van der Waals surface area (Å²) in [6.45, 7) is 3.66. The van der Waals surface area contributed by atoms with E-state index >= 15 is 0 Å². The van der Waals surface area contributed by atoms with Gasteiger partial charge in [-0.05, 0) is 36.2 Å². The van der Waals surface area contributed by atoms with Gasteiger partial charge in [-0.1, -0.05) is 60.7 Å². The number of nitrogens with one attached hydrogen (secondary N) is 1. The minimum atomic E-state index is -1.20. The Labute approximate surface area is 186 Å². The van der Waals surface area contributed by atoms with Crippen LogP contribution in [0.15, 0.2) is 66.7 Å². The van der Waals surface area contributed by atoms with Gasteiger partial charge in [0.15, 0.2) is 0 Å². The van der Waals surface area contributed by atoms with E-state index in [1.165, 1.54) is 7.11 Å². The molecule has 0 unspecified atom stereocenters. The van der Waals surface area contributed by atoms with Crippen molar-refractivity contribution in [2.24, 2.45) is 11.3 Å². The molecule has 0 spiro atoms. The number of methoxy groups -OCH3 is 1. The van der Waals surface area contributed by atoms with Gasteiger partial charge in [-0.2, -0.15) is 0 Å². The van der Waals surface area contributed by atoms with Crippen molar-refractivity contribution >= 4 is 28.6 Å². The fraction of sp³-hybridized carbons (Fsp3) is 0.269. The Bertz CT molecular complexity index is 1190. The number of hydrogen-bond acceptors (Lipinski definition) is 5. The monoisotopic (exact) mass is 431 g/mol. The summed E-state index contributed by atoms with van der Waals surface area (Å²) >= 11 is 0. The van der Waals surface area contributed by atoms with Gasteiger partial charge in [-0.15, -0.1) is 0 Å². The maximum atomic E-state index is 13.3. The lowest BCUT2D eigenvalue weighted by molar-refractivity contribution is -0.157. The number of benzene rings is 3. The van der Waals surface area contributed by atoms with E-state index < -0.39 is 35.1 Å². The molecule has 0 saturated heterocycles. The zero-order chi connectivity index (χ0) is 22.9. The number of ether oxygens (including phenoxy) is 2. The number of rotatable bonds is 5. The van der Waals surface area contributed by atoms with Crippen molar-refractivity contribution in [3.63, 3.8) is 0 Å². The van der Waals surface area contributed by atoms with Crippen LogP contribution in [-0.2, 0) is 25.7 Å². The van der Waals surface area contributed by atoms with Gasteiger partial charge >= 0.3 is 11.9 Å². The van der Waals surface area contributed by atoms with Gasteiger partial charge < -0.3 is 14.8 Å². The van der Waals surface area contributed by atoms with E-state index in [1.807, 2.05) is 60.7 Å². The largest absolute Gasteiger partial charge is 0.469 e. The molecule has 0 aromatic heterocycles. The Hall–Kier alpha value is -3.67. The molecule has 0 saturated carbocycles. The highest BCUT2D eigenvalue weighted by atomic mass is 16.5. The first-order valence-corrected chi connectivity index (χ1v) is 10.5. The maximum Gasteiger partial charge on any atom is 0.324 e. The van der Waals surface area contributed by atoms with Gasteiger partial charge in [0, 0.05) is 18.0 Å². The van der Waals surface area contributed by atoms with Gasteiger partial charge in [0.05, 0.1) is 12.5 Å². The van der Waals surface area contributed by atoms with Crippen LogP contribution in [0.3, 0.4) is 0 Å². The third-order valence-electron chi connectivity index (χ3n) is 6.12. The molecule has 6 nitrogen and oxygen atoms in total. The van der Waals surface area contributed by atoms with Crippen LogP contribution in [0.5, 0.6) is 5.75 Å². The molecule has 3 aromatic rings. The molecule has 3 aromatic carbocycles. The van der Waals surface area contributed by atoms with Crippen molar-refractivity contribution in [3.05, 3.63) is 77.9 Å². The number of carbonyl (C=O) groups is 3. The molecule has 1 aliphatic rings. The summed E-state index contributed by atoms with van der Waals surface area (Å²) < 4.78 is 10.7. The predicted octanol–water partition coefficient (Wildman–Crippen LogP) is 3.97. The van der Waals surface area contributed by atoms with Gasteiger partial charge in [-0.3, -0.25) is 14.4 Å². The van der Waals surface area contributed by atoms with Crippen molar-refractivity contribution in [3.8, 4) is 5.75 Å². The number of amides is 1. The molecule has 6 heteroatoms. The first-order chi connectivity index (χ1) is 15.3. The molecule has 1 heterocycles. The Morgan fingerprint density at radius 2 is 1.69 bits per heavy atom. The Morgan fingerprint density at radius 1 is 1.00 bits per heavy atom. The lowest BCUT2D eigenvalue weighted by Crippen LogP contribution is -2.49. The number of fused-ring (bicyclic) bond motifs is 3. The fourth-order valence-corrected chi connectivity index (χ4v) is 4.48. The second-order valence-electron chi connectivity index (χ2n) is 8.49. The summed E-state index contributed by atoms with van der Waals surface area (Å²) in [4.78, 5) is 39.2. The first-order valence-electron chi connectivity index (χ1n) is 10.5. The first kappa shape index (κ1) is 21.6. The van der Waals surface area contributed by atoms with Crippen LogP contribution in [0.2, 0.25) is 0 Å². The molecule has 0 aliphatic carbocycles. The second kappa shape index (κ2) is 8.46. The third-order valence-corrected chi connectivity index (χ3v) is 6.12. The minimum absolute atomic E-state index is 0.261. The van der Waals surface area contributed by atoms with Gasteiger partial charge in [0.2, 0.25) is 5.91 Å². The zero-order valence-corrected chi connectivity index (χ0v) is 18.3. The highest BCUT2D eigenvalue weighted by Gasteiger charge is 2.53. The number of carbonyl (C=O) groups excluding carboxylic acids is 3. The van der Waals surface area contributed by atoms with Gasteiger partial charge in [0.1, 0.15) is 11.7 Å². The van der Waals surface area contributed by atoms with E-state index in [-0.39, 0.29) is 6.54 Å². The predicted molar refractivity (Wildman–Crippen MR) is 120 cm³/mol. The molecule has 1 aliphatic heterocycles. The van der Waals surface area contributed by atoms with Crippen LogP contribution in [0.1, 0.15) is 30.9 Å². The van der Waals surface area contributed by atoms with Crippen LogP contribution >= 0.6 is 0 Å². The summed E-state index contributed by atoms with van der Waals surface area (Å²) in [5, 5.41) is 4.61. The molecule has 1 N–H and O–H groups in total. The fourth-order valence-electron chi connectivity index (χ4n) is 4.48. The quantitative estimate of drug-likeness (QED) is 0.376. The van der Waals surface area contributed by atoms with E-state index in [0.717, 1.165) is 16.3 Å². The molecule has 0 radical (unpaired) electrons. The molecular weight excluding hydrogens is 406 g/mol. The van der Waals surface area contributed by atoms with E-state index in [1.54, 1.807) is 19.9 Å².